The molecule has 1 aliphatic heterocycles. The van der Waals surface area contributed by atoms with E-state index in [9.17, 15) is 4.79 Å². The van der Waals surface area contributed by atoms with Crippen molar-refractivity contribution in [3.63, 3.8) is 0 Å². The topological polar surface area (TPSA) is 50.8 Å². The summed E-state index contributed by atoms with van der Waals surface area (Å²) in [4.78, 5) is 14.4. The summed E-state index contributed by atoms with van der Waals surface area (Å²) < 4.78 is 11.2. The summed E-state index contributed by atoms with van der Waals surface area (Å²) in [5.74, 6) is 1.31. The molecule has 1 aliphatic rings. The summed E-state index contributed by atoms with van der Waals surface area (Å²) in [7, 11) is 2.00. The summed E-state index contributed by atoms with van der Waals surface area (Å²) in [6.45, 7) is 9.04. The summed E-state index contributed by atoms with van der Waals surface area (Å²) in [6, 6.07) is 7.83. The van der Waals surface area contributed by atoms with E-state index in [0.717, 1.165) is 17.9 Å². The molecule has 1 fully saturated rings. The van der Waals surface area contributed by atoms with Gasteiger partial charge in [0.05, 0.1) is 19.3 Å². The minimum atomic E-state index is -0.384. The Morgan fingerprint density at radius 1 is 1.35 bits per heavy atom. The van der Waals surface area contributed by atoms with E-state index in [1.54, 1.807) is 0 Å². The lowest BCUT2D eigenvalue weighted by Gasteiger charge is -2.30. The van der Waals surface area contributed by atoms with Crippen LogP contribution in [0.25, 0.3) is 0 Å². The number of amides is 1. The van der Waals surface area contributed by atoms with E-state index in [1.807, 2.05) is 38.2 Å². The van der Waals surface area contributed by atoms with Gasteiger partial charge in [0.2, 0.25) is 0 Å². The first kappa shape index (κ1) is 17.8. The van der Waals surface area contributed by atoms with Crippen LogP contribution in [0, 0.1) is 5.92 Å². The summed E-state index contributed by atoms with van der Waals surface area (Å²) >= 11 is 0. The van der Waals surface area contributed by atoms with Crippen molar-refractivity contribution in [2.45, 2.75) is 32.9 Å². The maximum Gasteiger partial charge on any atom is 0.250 e. The summed E-state index contributed by atoms with van der Waals surface area (Å²) in [5.41, 5.74) is 1.06. The molecule has 2 rings (SSSR count). The van der Waals surface area contributed by atoms with E-state index in [-0.39, 0.29) is 18.1 Å². The molecule has 0 aromatic heterocycles. The number of carbonyl (C=O) groups excluding carboxylic acids is 1. The highest BCUT2D eigenvalue weighted by atomic mass is 16.5. The van der Waals surface area contributed by atoms with Gasteiger partial charge in [0.15, 0.2) is 0 Å². The van der Waals surface area contributed by atoms with Gasteiger partial charge in [-0.1, -0.05) is 26.0 Å². The van der Waals surface area contributed by atoms with Gasteiger partial charge in [0, 0.05) is 13.1 Å². The van der Waals surface area contributed by atoms with E-state index < -0.39 is 0 Å². The minimum Gasteiger partial charge on any atom is -0.493 e. The van der Waals surface area contributed by atoms with Crippen molar-refractivity contribution < 1.29 is 14.3 Å². The highest BCUT2D eigenvalue weighted by Crippen LogP contribution is 2.18. The Labute approximate surface area is 139 Å². The Morgan fingerprint density at radius 3 is 2.65 bits per heavy atom. The predicted molar refractivity (Wildman–Crippen MR) is 90.6 cm³/mol. The third kappa shape index (κ3) is 5.52. The fourth-order valence-corrected chi connectivity index (χ4v) is 2.44. The van der Waals surface area contributed by atoms with Gasteiger partial charge in [-0.05, 0) is 37.6 Å². The predicted octanol–water partition coefficient (Wildman–Crippen LogP) is 2.23. The fourth-order valence-electron chi connectivity index (χ4n) is 2.44. The molecule has 1 aromatic carbocycles. The number of rotatable bonds is 6. The molecular weight excluding hydrogens is 292 g/mol. The number of hydrogen-bond acceptors (Lipinski definition) is 4. The van der Waals surface area contributed by atoms with Gasteiger partial charge in [-0.25, -0.2) is 0 Å². The Morgan fingerprint density at radius 2 is 2.04 bits per heavy atom. The molecule has 1 N–H and O–H groups in total. The summed E-state index contributed by atoms with van der Waals surface area (Å²) in [5, 5.41) is 3.02. The Bertz CT molecular complexity index is 501. The normalized spacial score (nSPS) is 20.3. The van der Waals surface area contributed by atoms with Crippen molar-refractivity contribution in [1.82, 2.24) is 10.2 Å². The van der Waals surface area contributed by atoms with Crippen LogP contribution in [0.15, 0.2) is 24.3 Å². The molecule has 128 valence electrons. The Balaban J connectivity index is 1.87. The van der Waals surface area contributed by atoms with Crippen LogP contribution in [0.3, 0.4) is 0 Å². The van der Waals surface area contributed by atoms with Crippen molar-refractivity contribution >= 4 is 5.91 Å². The van der Waals surface area contributed by atoms with Gasteiger partial charge >= 0.3 is 0 Å². The number of nitrogens with one attached hydrogen (secondary N) is 1. The van der Waals surface area contributed by atoms with Crippen molar-refractivity contribution in [2.24, 2.45) is 5.92 Å². The lowest BCUT2D eigenvalue weighted by atomic mass is 10.1. The molecule has 1 amide bonds. The minimum absolute atomic E-state index is 0.0517. The third-order valence-corrected chi connectivity index (χ3v) is 3.88. The van der Waals surface area contributed by atoms with E-state index >= 15 is 0 Å². The third-order valence-electron chi connectivity index (χ3n) is 3.88. The van der Waals surface area contributed by atoms with Crippen LogP contribution < -0.4 is 10.1 Å². The van der Waals surface area contributed by atoms with Gasteiger partial charge in [-0.3, -0.25) is 4.79 Å². The number of hydrogen-bond donors (Lipinski definition) is 1. The second kappa shape index (κ2) is 8.31. The molecule has 0 aliphatic carbocycles. The Hall–Kier alpha value is -1.59. The number of morpholine rings is 1. The lowest BCUT2D eigenvalue weighted by molar-refractivity contribution is -0.138. The summed E-state index contributed by atoms with van der Waals surface area (Å²) in [6.07, 6.45) is -0.384. The van der Waals surface area contributed by atoms with Gasteiger partial charge < -0.3 is 19.7 Å². The number of likely N-dealkylation sites (N-methyl/N-ethyl adjacent to an activating group) is 1. The first-order chi connectivity index (χ1) is 11.0. The number of nitrogens with zero attached hydrogens (tertiary/aromatic N) is 1. The monoisotopic (exact) mass is 320 g/mol. The van der Waals surface area contributed by atoms with E-state index in [1.165, 1.54) is 0 Å². The molecule has 0 bridgehead atoms. The largest absolute Gasteiger partial charge is 0.493 e. The molecule has 1 saturated heterocycles. The quantitative estimate of drug-likeness (QED) is 0.873. The van der Waals surface area contributed by atoms with Gasteiger partial charge in [0.25, 0.3) is 5.91 Å². The van der Waals surface area contributed by atoms with Crippen LogP contribution in [-0.4, -0.2) is 50.3 Å². The average molecular weight is 320 g/mol. The number of benzene rings is 1. The first-order valence-corrected chi connectivity index (χ1v) is 8.29. The molecule has 1 aromatic rings. The van der Waals surface area contributed by atoms with Crippen LogP contribution in [0.1, 0.15) is 32.4 Å². The first-order valence-electron chi connectivity index (χ1n) is 8.29. The lowest BCUT2D eigenvalue weighted by Crippen LogP contribution is -2.48. The van der Waals surface area contributed by atoms with E-state index in [4.69, 9.17) is 9.47 Å². The molecule has 5 heteroatoms. The zero-order valence-corrected chi connectivity index (χ0v) is 14.5. The Kier molecular flexibility index (Phi) is 6.42. The molecule has 1 heterocycles. The second-order valence-electron chi connectivity index (χ2n) is 6.63. The van der Waals surface area contributed by atoms with Crippen molar-refractivity contribution in [3.05, 3.63) is 29.8 Å². The van der Waals surface area contributed by atoms with Crippen molar-refractivity contribution in [1.29, 1.82) is 0 Å². The van der Waals surface area contributed by atoms with Crippen LogP contribution >= 0.6 is 0 Å². The van der Waals surface area contributed by atoms with Crippen LogP contribution in [0.5, 0.6) is 5.75 Å². The maximum atomic E-state index is 12.3. The second-order valence-corrected chi connectivity index (χ2v) is 6.63. The van der Waals surface area contributed by atoms with Gasteiger partial charge in [0.1, 0.15) is 11.9 Å². The molecule has 23 heavy (non-hydrogen) atoms. The van der Waals surface area contributed by atoms with Crippen LogP contribution in [-0.2, 0) is 9.53 Å². The van der Waals surface area contributed by atoms with Crippen LogP contribution in [0.2, 0.25) is 0 Å². The molecule has 2 atom stereocenters. The zero-order valence-electron chi connectivity index (χ0n) is 14.5. The molecule has 5 nitrogen and oxygen atoms in total. The molecule has 0 unspecified atom stereocenters. The molecule has 0 radical (unpaired) electrons. The smallest absolute Gasteiger partial charge is 0.250 e. The van der Waals surface area contributed by atoms with Crippen molar-refractivity contribution in [3.8, 4) is 5.75 Å². The highest BCUT2D eigenvalue weighted by molar-refractivity contribution is 5.81. The zero-order chi connectivity index (χ0) is 16.8. The van der Waals surface area contributed by atoms with E-state index in [2.05, 4.69) is 24.1 Å². The van der Waals surface area contributed by atoms with Gasteiger partial charge in [-0.15, -0.1) is 0 Å². The standard InChI is InChI=1S/C18H28N2O3/c1-13(2)12-23-16-7-5-15(6-8-16)14(3)19-18(21)17-11-20(4)9-10-22-17/h5-8,13-14,17H,9-12H2,1-4H3,(H,19,21)/t14-,17+/m1/s1. The SMILES string of the molecule is CC(C)COc1ccc([C@@H](C)NC(=O)[C@@H]2CN(C)CCO2)cc1. The van der Waals surface area contributed by atoms with Crippen LogP contribution in [0.4, 0.5) is 0 Å². The fraction of sp³-hybridized carbons (Fsp3) is 0.611. The molecular formula is C18H28N2O3. The average Bonchev–Trinajstić information content (AvgIpc) is 2.53. The van der Waals surface area contributed by atoms with Crippen molar-refractivity contribution in [2.75, 3.05) is 33.4 Å². The number of ether oxygens (including phenoxy) is 2. The highest BCUT2D eigenvalue weighted by Gasteiger charge is 2.25. The van der Waals surface area contributed by atoms with Gasteiger partial charge in [-0.2, -0.15) is 0 Å². The maximum absolute atomic E-state index is 12.3. The number of carbonyl (C=O) groups is 1. The molecule has 0 spiro atoms. The van der Waals surface area contributed by atoms with E-state index in [0.29, 0.717) is 25.7 Å². The molecule has 0 saturated carbocycles.